The Hall–Kier alpha value is -1.59. The summed E-state index contributed by atoms with van der Waals surface area (Å²) in [6.07, 6.45) is -0.374. The fourth-order valence-electron chi connectivity index (χ4n) is 2.23. The summed E-state index contributed by atoms with van der Waals surface area (Å²) >= 11 is 1.80. The second-order valence-corrected chi connectivity index (χ2v) is 7.98. The van der Waals surface area contributed by atoms with Gasteiger partial charge in [-0.05, 0) is 52.1 Å². The van der Waals surface area contributed by atoms with Crippen molar-refractivity contribution in [3.8, 4) is 0 Å². The van der Waals surface area contributed by atoms with Crippen LogP contribution < -0.4 is 10.6 Å². The molecule has 5 heteroatoms. The average molecular weight is 334 g/mol. The highest BCUT2D eigenvalue weighted by atomic mass is 32.1. The van der Waals surface area contributed by atoms with Crippen molar-refractivity contribution in [3.63, 3.8) is 0 Å². The molecule has 1 amide bonds. The first-order chi connectivity index (χ1) is 10.7. The molecule has 0 fully saturated rings. The van der Waals surface area contributed by atoms with E-state index in [1.54, 1.807) is 11.3 Å². The van der Waals surface area contributed by atoms with E-state index in [4.69, 9.17) is 4.74 Å². The zero-order valence-corrected chi connectivity index (χ0v) is 15.3. The number of hydrogen-bond acceptors (Lipinski definition) is 4. The molecule has 0 aliphatic carbocycles. The topological polar surface area (TPSA) is 50.4 Å². The maximum absolute atomic E-state index is 11.7. The average Bonchev–Trinajstić information content (AvgIpc) is 2.86. The molecule has 0 bridgehead atoms. The Morgan fingerprint density at radius 3 is 2.61 bits per heavy atom. The Bertz CT molecular complexity index is 627. The second kappa shape index (κ2) is 7.32. The number of benzene rings is 1. The number of amides is 1. The Morgan fingerprint density at radius 1 is 1.26 bits per heavy atom. The molecule has 2 aromatic rings. The van der Waals surface area contributed by atoms with Crippen molar-refractivity contribution < 1.29 is 9.53 Å². The normalized spacial score (nSPS) is 14.5. The number of hydrogen-bond donors (Lipinski definition) is 2. The van der Waals surface area contributed by atoms with Gasteiger partial charge in [0.2, 0.25) is 0 Å². The molecular weight excluding hydrogens is 308 g/mol. The van der Waals surface area contributed by atoms with Gasteiger partial charge < -0.3 is 15.4 Å². The zero-order chi connectivity index (χ0) is 17.0. The van der Waals surface area contributed by atoms with Crippen LogP contribution in [0.3, 0.4) is 0 Å². The highest BCUT2D eigenvalue weighted by Crippen LogP contribution is 2.29. The smallest absolute Gasteiger partial charge is 0.407 e. The molecule has 1 aromatic carbocycles. The number of rotatable bonds is 5. The predicted octanol–water partition coefficient (Wildman–Crippen LogP) is 4.47. The third-order valence-electron chi connectivity index (χ3n) is 3.36. The molecule has 2 unspecified atom stereocenters. The lowest BCUT2D eigenvalue weighted by Crippen LogP contribution is -2.42. The quantitative estimate of drug-likeness (QED) is 0.848. The summed E-state index contributed by atoms with van der Waals surface area (Å²) in [7, 11) is 0. The minimum atomic E-state index is -0.471. The van der Waals surface area contributed by atoms with Crippen molar-refractivity contribution in [2.24, 2.45) is 0 Å². The van der Waals surface area contributed by atoms with Gasteiger partial charge in [0, 0.05) is 28.2 Å². The predicted molar refractivity (Wildman–Crippen MR) is 97.1 cm³/mol. The SMILES string of the molecule is CC(CNC(C)c1cc2ccccc2s1)NC(=O)OC(C)(C)C. The van der Waals surface area contributed by atoms with Crippen LogP contribution >= 0.6 is 11.3 Å². The molecule has 23 heavy (non-hydrogen) atoms. The molecule has 2 rings (SSSR count). The summed E-state index contributed by atoms with van der Waals surface area (Å²) in [4.78, 5) is 13.0. The molecule has 0 radical (unpaired) electrons. The molecule has 126 valence electrons. The number of carbonyl (C=O) groups excluding carboxylic acids is 1. The standard InChI is InChI=1S/C18H26N2O2S/c1-12(20-17(21)22-18(3,4)5)11-19-13(2)16-10-14-8-6-7-9-15(14)23-16/h6-10,12-13,19H,11H2,1-5H3,(H,20,21). The van der Waals surface area contributed by atoms with Gasteiger partial charge in [-0.25, -0.2) is 4.79 Å². The molecule has 4 nitrogen and oxygen atoms in total. The van der Waals surface area contributed by atoms with Gasteiger partial charge in [0.15, 0.2) is 0 Å². The minimum Gasteiger partial charge on any atom is -0.444 e. The molecule has 0 aliphatic heterocycles. The van der Waals surface area contributed by atoms with Crippen LogP contribution in [0.2, 0.25) is 0 Å². The van der Waals surface area contributed by atoms with Crippen LogP contribution in [0.25, 0.3) is 10.1 Å². The molecular formula is C18H26N2O2S. The van der Waals surface area contributed by atoms with E-state index in [-0.39, 0.29) is 18.2 Å². The summed E-state index contributed by atoms with van der Waals surface area (Å²) in [6.45, 7) is 10.4. The van der Waals surface area contributed by atoms with Gasteiger partial charge in [0.25, 0.3) is 0 Å². The van der Waals surface area contributed by atoms with E-state index in [1.807, 2.05) is 27.7 Å². The lowest BCUT2D eigenvalue weighted by molar-refractivity contribution is 0.0508. The molecule has 1 aromatic heterocycles. The van der Waals surface area contributed by atoms with Crippen molar-refractivity contribution in [3.05, 3.63) is 35.2 Å². The lowest BCUT2D eigenvalue weighted by Gasteiger charge is -2.23. The highest BCUT2D eigenvalue weighted by Gasteiger charge is 2.18. The van der Waals surface area contributed by atoms with Crippen LogP contribution in [0.4, 0.5) is 4.79 Å². The van der Waals surface area contributed by atoms with Gasteiger partial charge in [-0.3, -0.25) is 0 Å². The largest absolute Gasteiger partial charge is 0.444 e. The highest BCUT2D eigenvalue weighted by molar-refractivity contribution is 7.19. The molecule has 2 N–H and O–H groups in total. The Balaban J connectivity index is 1.83. The zero-order valence-electron chi connectivity index (χ0n) is 14.5. The van der Waals surface area contributed by atoms with E-state index in [0.717, 1.165) is 0 Å². The fourth-order valence-corrected chi connectivity index (χ4v) is 3.32. The van der Waals surface area contributed by atoms with Crippen LogP contribution in [-0.2, 0) is 4.74 Å². The van der Waals surface area contributed by atoms with Crippen LogP contribution in [0.1, 0.15) is 45.5 Å². The number of nitrogens with one attached hydrogen (secondary N) is 2. The summed E-state index contributed by atoms with van der Waals surface area (Å²) in [5.41, 5.74) is -0.471. The minimum absolute atomic E-state index is 0.00155. The number of ether oxygens (including phenoxy) is 1. The monoisotopic (exact) mass is 334 g/mol. The van der Waals surface area contributed by atoms with E-state index < -0.39 is 5.60 Å². The molecule has 1 heterocycles. The van der Waals surface area contributed by atoms with Gasteiger partial charge >= 0.3 is 6.09 Å². The van der Waals surface area contributed by atoms with Crippen molar-refractivity contribution in [2.75, 3.05) is 6.54 Å². The first kappa shape index (κ1) is 17.8. The number of carbonyl (C=O) groups is 1. The first-order valence-electron chi connectivity index (χ1n) is 7.96. The van der Waals surface area contributed by atoms with Crippen LogP contribution in [0.5, 0.6) is 0 Å². The van der Waals surface area contributed by atoms with E-state index in [0.29, 0.717) is 6.54 Å². The Labute approximate surface area is 142 Å². The van der Waals surface area contributed by atoms with Crippen LogP contribution in [0.15, 0.2) is 30.3 Å². The van der Waals surface area contributed by atoms with E-state index in [2.05, 4.69) is 47.9 Å². The molecule has 0 spiro atoms. The van der Waals surface area contributed by atoms with E-state index in [9.17, 15) is 4.79 Å². The summed E-state index contributed by atoms with van der Waals surface area (Å²) in [5, 5.41) is 7.60. The number of thiophene rings is 1. The second-order valence-electron chi connectivity index (χ2n) is 6.86. The first-order valence-corrected chi connectivity index (χ1v) is 8.77. The summed E-state index contributed by atoms with van der Waals surface area (Å²) in [5.74, 6) is 0. The summed E-state index contributed by atoms with van der Waals surface area (Å²) < 4.78 is 6.57. The Morgan fingerprint density at radius 2 is 1.96 bits per heavy atom. The molecule has 2 atom stereocenters. The third kappa shape index (κ3) is 5.52. The van der Waals surface area contributed by atoms with Gasteiger partial charge in [-0.2, -0.15) is 0 Å². The van der Waals surface area contributed by atoms with Gasteiger partial charge in [-0.1, -0.05) is 18.2 Å². The lowest BCUT2D eigenvalue weighted by atomic mass is 10.2. The molecule has 0 aliphatic rings. The maximum Gasteiger partial charge on any atom is 0.407 e. The summed E-state index contributed by atoms with van der Waals surface area (Å²) in [6, 6.07) is 10.9. The molecule has 0 saturated carbocycles. The van der Waals surface area contributed by atoms with E-state index in [1.165, 1.54) is 15.0 Å². The van der Waals surface area contributed by atoms with Crippen LogP contribution in [0, 0.1) is 0 Å². The molecule has 0 saturated heterocycles. The fraction of sp³-hybridized carbons (Fsp3) is 0.500. The van der Waals surface area contributed by atoms with E-state index >= 15 is 0 Å². The van der Waals surface area contributed by atoms with Crippen molar-refractivity contribution in [1.29, 1.82) is 0 Å². The van der Waals surface area contributed by atoms with Crippen molar-refractivity contribution in [2.45, 2.75) is 52.3 Å². The number of alkyl carbamates (subject to hydrolysis) is 1. The van der Waals surface area contributed by atoms with Gasteiger partial charge in [0.05, 0.1) is 0 Å². The van der Waals surface area contributed by atoms with Crippen LogP contribution in [-0.4, -0.2) is 24.3 Å². The van der Waals surface area contributed by atoms with Gasteiger partial charge in [0.1, 0.15) is 5.60 Å². The Kier molecular flexibility index (Phi) is 5.65. The maximum atomic E-state index is 11.7. The van der Waals surface area contributed by atoms with Crippen molar-refractivity contribution >= 4 is 27.5 Å². The number of fused-ring (bicyclic) bond motifs is 1. The third-order valence-corrected chi connectivity index (χ3v) is 4.66. The van der Waals surface area contributed by atoms with Crippen molar-refractivity contribution in [1.82, 2.24) is 10.6 Å². The van der Waals surface area contributed by atoms with Gasteiger partial charge in [-0.15, -0.1) is 11.3 Å².